The molecule has 0 aromatic rings. The van der Waals surface area contributed by atoms with E-state index in [0.717, 1.165) is 22.8 Å². The van der Waals surface area contributed by atoms with Crippen LogP contribution in [0.2, 0.25) is 50.4 Å². The molecule has 4 aliphatic carbocycles. The molecule has 1 aliphatic heterocycles. The van der Waals surface area contributed by atoms with Crippen molar-refractivity contribution in [3.63, 3.8) is 0 Å². The first-order valence-corrected chi connectivity index (χ1v) is 43.2. The molecule has 0 aromatic heterocycles. The van der Waals surface area contributed by atoms with E-state index < -0.39 is 81.8 Å². The third-order valence-corrected chi connectivity index (χ3v) is 35.9. The standard InChI is InChI=1S/C68H104N8O12Si4/c1-17-81-61(77)57(45-69)49-33-53(41-65(5,6)37-49)73-25-21-29-89(13)85-90(14,30-22-26-74-54-34-50(38-66(7,8)42-54)58(46-70)62(78)82-18-2)87-92(16,32-24-28-76-56-36-52(40-68(11,12)44-56)60(48-72)64(80)84-20-4)88-91(15,86-89)31-23-27-75-55-35-51(39-67(9,10)43-55)59(47-71)63(79)83-19-3/h33-36,57-60H,17-32,37-44H2,1-16H3. The van der Waals surface area contributed by atoms with Crippen LogP contribution in [0.3, 0.4) is 0 Å². The molecule has 1 saturated heterocycles. The van der Waals surface area contributed by atoms with Crippen LogP contribution in [-0.4, -0.2) is 134 Å². The van der Waals surface area contributed by atoms with Gasteiger partial charge in [-0.05, 0) is 223 Å². The van der Waals surface area contributed by atoms with Gasteiger partial charge in [-0.25, -0.2) is 0 Å². The highest BCUT2D eigenvalue weighted by molar-refractivity contribution is 6.94. The summed E-state index contributed by atoms with van der Waals surface area (Å²) in [6.45, 7) is 34.8. The average Bonchev–Trinajstić information content (AvgIpc) is 0.999. The summed E-state index contributed by atoms with van der Waals surface area (Å²) in [6.07, 6.45) is 15.0. The Kier molecular flexibility index (Phi) is 28.0. The van der Waals surface area contributed by atoms with E-state index in [2.05, 4.69) is 106 Å². The first kappa shape index (κ1) is 76.9. The fourth-order valence-corrected chi connectivity index (χ4v) is 36.9. The van der Waals surface area contributed by atoms with Gasteiger partial charge in [0, 0.05) is 49.0 Å². The number of allylic oxidation sites excluding steroid dienone is 4. The number of carbonyl (C=O) groups excluding carboxylic acids is 4. The van der Waals surface area contributed by atoms with Crippen LogP contribution in [0.1, 0.15) is 160 Å². The molecule has 24 heteroatoms. The van der Waals surface area contributed by atoms with E-state index in [1.54, 1.807) is 27.7 Å². The van der Waals surface area contributed by atoms with E-state index in [4.69, 9.17) is 55.4 Å². The molecule has 4 unspecified atom stereocenters. The molecule has 0 bridgehead atoms. The Bertz CT molecular complexity index is 2700. The highest BCUT2D eigenvalue weighted by atomic mass is 28.5. The largest absolute Gasteiger partial charge is 0.465 e. The summed E-state index contributed by atoms with van der Waals surface area (Å²) in [7, 11) is -13.1. The molecule has 4 atom stereocenters. The topological polar surface area (TPSA) is 287 Å². The van der Waals surface area contributed by atoms with Crippen molar-refractivity contribution >= 4 is 81.0 Å². The first-order valence-electron chi connectivity index (χ1n) is 33.1. The quantitative estimate of drug-likeness (QED) is 0.0304. The Morgan fingerprint density at radius 1 is 0.391 bits per heavy atom. The third kappa shape index (κ3) is 23.3. The number of nitrogens with zero attached hydrogens (tertiary/aromatic N) is 8. The molecular formula is C68H104N8O12Si4. The second-order valence-electron chi connectivity index (χ2n) is 29.1. The highest BCUT2D eigenvalue weighted by Crippen LogP contribution is 2.43. The average molecular weight is 1340 g/mol. The van der Waals surface area contributed by atoms with Crippen molar-refractivity contribution in [2.24, 2.45) is 65.3 Å². The van der Waals surface area contributed by atoms with Crippen LogP contribution in [0.4, 0.5) is 0 Å². The van der Waals surface area contributed by atoms with Gasteiger partial charge < -0.3 is 35.4 Å². The molecule has 0 amide bonds. The minimum Gasteiger partial charge on any atom is -0.465 e. The Balaban J connectivity index is 1.54. The molecule has 0 N–H and O–H groups in total. The van der Waals surface area contributed by atoms with Crippen molar-refractivity contribution in [1.82, 2.24) is 0 Å². The predicted octanol–water partition coefficient (Wildman–Crippen LogP) is 13.5. The van der Waals surface area contributed by atoms with Crippen molar-refractivity contribution in [1.29, 1.82) is 21.0 Å². The molecule has 0 aromatic carbocycles. The molecule has 5 aliphatic rings. The van der Waals surface area contributed by atoms with E-state index in [1.165, 1.54) is 0 Å². The fourth-order valence-electron chi connectivity index (χ4n) is 13.7. The number of hydrogen-bond acceptors (Lipinski definition) is 20. The number of carbonyl (C=O) groups is 4. The lowest BCUT2D eigenvalue weighted by molar-refractivity contribution is -0.145. The molecule has 92 heavy (non-hydrogen) atoms. The maximum atomic E-state index is 12.9. The monoisotopic (exact) mass is 1340 g/mol. The second-order valence-corrected chi connectivity index (χ2v) is 43.4. The van der Waals surface area contributed by atoms with E-state index >= 15 is 0 Å². The molecule has 1 heterocycles. The summed E-state index contributed by atoms with van der Waals surface area (Å²) < 4.78 is 51.9. The smallest absolute Gasteiger partial charge is 0.327 e. The van der Waals surface area contributed by atoms with Crippen LogP contribution in [-0.2, 0) is 54.6 Å². The Morgan fingerprint density at radius 3 is 0.739 bits per heavy atom. The maximum Gasteiger partial charge on any atom is 0.327 e. The number of esters is 4. The van der Waals surface area contributed by atoms with Gasteiger partial charge >= 0.3 is 58.1 Å². The first-order chi connectivity index (χ1) is 43.1. The van der Waals surface area contributed by atoms with E-state index in [-0.39, 0.29) is 48.1 Å². The normalized spacial score (nSPS) is 28.1. The predicted molar refractivity (Wildman–Crippen MR) is 365 cm³/mol. The van der Waals surface area contributed by atoms with Crippen molar-refractivity contribution in [2.45, 2.75) is 210 Å². The molecule has 20 nitrogen and oxygen atoms in total. The van der Waals surface area contributed by atoms with Gasteiger partial charge in [0.05, 0.1) is 50.7 Å². The molecule has 5 rings (SSSR count). The minimum absolute atomic E-state index is 0.177. The van der Waals surface area contributed by atoms with Crippen molar-refractivity contribution in [3.8, 4) is 24.3 Å². The van der Waals surface area contributed by atoms with Crippen LogP contribution in [0, 0.1) is 90.7 Å². The van der Waals surface area contributed by atoms with Crippen LogP contribution in [0.25, 0.3) is 0 Å². The van der Waals surface area contributed by atoms with Crippen LogP contribution in [0.15, 0.2) is 66.6 Å². The highest BCUT2D eigenvalue weighted by Gasteiger charge is 2.56. The Labute approximate surface area is 553 Å². The Hall–Kier alpha value is -5.81. The molecule has 0 spiro atoms. The van der Waals surface area contributed by atoms with Gasteiger partial charge in [0.1, 0.15) is 0 Å². The van der Waals surface area contributed by atoms with Crippen molar-refractivity contribution in [2.75, 3.05) is 52.6 Å². The summed E-state index contributed by atoms with van der Waals surface area (Å²) in [5.41, 5.74) is 5.09. The summed E-state index contributed by atoms with van der Waals surface area (Å²) in [5, 5.41) is 40.5. The maximum absolute atomic E-state index is 12.9. The lowest BCUT2D eigenvalue weighted by Gasteiger charge is -2.50. The molecule has 0 saturated carbocycles. The lowest BCUT2D eigenvalue weighted by atomic mass is 9.73. The zero-order valence-electron chi connectivity index (χ0n) is 58.1. The minimum atomic E-state index is -3.26. The summed E-state index contributed by atoms with van der Waals surface area (Å²) in [5.74, 6) is -6.29. The number of nitriles is 4. The second kappa shape index (κ2) is 33.5. The number of hydrogen-bond donors (Lipinski definition) is 0. The zero-order chi connectivity index (χ0) is 68.4. The zero-order valence-corrected chi connectivity index (χ0v) is 62.1. The van der Waals surface area contributed by atoms with Gasteiger partial charge in [0.25, 0.3) is 0 Å². The van der Waals surface area contributed by atoms with Crippen molar-refractivity contribution in [3.05, 3.63) is 46.6 Å². The van der Waals surface area contributed by atoms with E-state index in [0.29, 0.717) is 150 Å². The van der Waals surface area contributed by atoms with Gasteiger partial charge in [-0.1, -0.05) is 55.4 Å². The van der Waals surface area contributed by atoms with E-state index in [9.17, 15) is 40.2 Å². The van der Waals surface area contributed by atoms with Crippen LogP contribution >= 0.6 is 0 Å². The lowest BCUT2D eigenvalue weighted by Crippen LogP contribution is -2.67. The van der Waals surface area contributed by atoms with Crippen molar-refractivity contribution < 1.29 is 54.6 Å². The van der Waals surface area contributed by atoms with Gasteiger partial charge in [-0.2, -0.15) is 21.0 Å². The molecule has 0 radical (unpaired) electrons. The SMILES string of the molecule is CCOC(=O)C(C#N)C1=CC(=NCCC[Si]2(C)O[Si](C)(CCCN=C3C=C(C(C#N)C(=O)OCC)CC(C)(C)C3)O[Si](C)(CCCN=C3C=C(C(C#N)C(=O)OCC)CC(C)(C)C3)O[Si](C)(CCCN=C3C=C(C(C#N)C(=O)OCC)CC(C)(C)C3)O2)CC(C)(C)C1. The summed E-state index contributed by atoms with van der Waals surface area (Å²) in [4.78, 5) is 72.2. The number of aliphatic imine (C=N–C) groups is 4. The Morgan fingerprint density at radius 2 is 0.576 bits per heavy atom. The third-order valence-electron chi connectivity index (χ3n) is 17.0. The van der Waals surface area contributed by atoms with Gasteiger partial charge in [0.15, 0.2) is 23.7 Å². The van der Waals surface area contributed by atoms with E-state index in [1.807, 2.05) is 24.3 Å². The fraction of sp³-hybridized carbons (Fsp3) is 0.706. The molecule has 504 valence electrons. The summed E-state index contributed by atoms with van der Waals surface area (Å²) >= 11 is 0. The van der Waals surface area contributed by atoms with Crippen LogP contribution < -0.4 is 0 Å². The van der Waals surface area contributed by atoms with Gasteiger partial charge in [-0.15, -0.1) is 0 Å². The molecule has 1 fully saturated rings. The molecular weight excluding hydrogens is 1230 g/mol. The number of ether oxygens (including phenoxy) is 4. The summed E-state index contributed by atoms with van der Waals surface area (Å²) in [6, 6.07) is 10.9. The van der Waals surface area contributed by atoms with Crippen LogP contribution in [0.5, 0.6) is 0 Å². The van der Waals surface area contributed by atoms with Gasteiger partial charge in [-0.3, -0.25) is 39.1 Å². The number of rotatable bonds is 28. The van der Waals surface area contributed by atoms with Gasteiger partial charge in [0.2, 0.25) is 0 Å².